The molecule has 1 aromatic carbocycles. The van der Waals surface area contributed by atoms with E-state index in [1.807, 2.05) is 12.3 Å². The van der Waals surface area contributed by atoms with E-state index in [0.29, 0.717) is 5.16 Å². The highest BCUT2D eigenvalue weighted by Gasteiger charge is 2.23. The lowest BCUT2D eigenvalue weighted by Gasteiger charge is -2.32. The van der Waals surface area contributed by atoms with Crippen LogP contribution in [0.25, 0.3) is 0 Å². The first-order valence-corrected chi connectivity index (χ1v) is 9.89. The van der Waals surface area contributed by atoms with Crippen LogP contribution < -0.4 is 5.32 Å². The molecule has 1 aliphatic rings. The average Bonchev–Trinajstić information content (AvgIpc) is 2.64. The SMILES string of the molecule is CSc1ncc(Cl)c(C(=O)NC2CCN(Cc3ccccc3)CC2)n1. The van der Waals surface area contributed by atoms with Crippen molar-refractivity contribution in [2.45, 2.75) is 30.6 Å². The standard InChI is InChI=1S/C18H21ClN4OS/c1-25-18-20-11-15(19)16(22-18)17(24)21-14-7-9-23(10-8-14)12-13-5-3-2-4-6-13/h2-6,11,14H,7-10,12H2,1H3,(H,21,24). The molecule has 0 aliphatic carbocycles. The Labute approximate surface area is 157 Å². The highest BCUT2D eigenvalue weighted by atomic mass is 35.5. The molecule has 1 aromatic heterocycles. The van der Waals surface area contributed by atoms with Crippen molar-refractivity contribution in [1.29, 1.82) is 0 Å². The van der Waals surface area contributed by atoms with Gasteiger partial charge in [0.25, 0.3) is 5.91 Å². The summed E-state index contributed by atoms with van der Waals surface area (Å²) in [5.74, 6) is -0.218. The third-order valence-corrected chi connectivity index (χ3v) is 5.13. The van der Waals surface area contributed by atoms with E-state index >= 15 is 0 Å². The van der Waals surface area contributed by atoms with Crippen LogP contribution >= 0.6 is 23.4 Å². The van der Waals surface area contributed by atoms with Gasteiger partial charge < -0.3 is 5.32 Å². The topological polar surface area (TPSA) is 58.1 Å². The minimum absolute atomic E-state index is 0.156. The van der Waals surface area contributed by atoms with Gasteiger partial charge in [0, 0.05) is 25.7 Å². The summed E-state index contributed by atoms with van der Waals surface area (Å²) in [6.07, 6.45) is 5.21. The molecule has 5 nitrogen and oxygen atoms in total. The number of carbonyl (C=O) groups excluding carboxylic acids is 1. The smallest absolute Gasteiger partial charge is 0.271 e. The van der Waals surface area contributed by atoms with E-state index in [2.05, 4.69) is 44.5 Å². The zero-order valence-electron chi connectivity index (χ0n) is 14.1. The molecular weight excluding hydrogens is 356 g/mol. The number of nitrogens with one attached hydrogen (secondary N) is 1. The molecule has 0 unspecified atom stereocenters. The van der Waals surface area contributed by atoms with Crippen LogP contribution in [0.15, 0.2) is 41.7 Å². The van der Waals surface area contributed by atoms with E-state index in [-0.39, 0.29) is 22.7 Å². The van der Waals surface area contributed by atoms with Gasteiger partial charge in [0.05, 0.1) is 11.2 Å². The van der Waals surface area contributed by atoms with Gasteiger partial charge >= 0.3 is 0 Å². The molecule has 1 saturated heterocycles. The predicted molar refractivity (Wildman–Crippen MR) is 101 cm³/mol. The fourth-order valence-corrected chi connectivity index (χ4v) is 3.46. The second kappa shape index (κ2) is 8.65. The number of piperidine rings is 1. The first kappa shape index (κ1) is 18.2. The van der Waals surface area contributed by atoms with Crippen molar-refractivity contribution in [2.75, 3.05) is 19.3 Å². The van der Waals surface area contributed by atoms with Crippen molar-refractivity contribution in [3.63, 3.8) is 0 Å². The Hall–Kier alpha value is -1.63. The number of thioether (sulfide) groups is 1. The maximum atomic E-state index is 12.5. The van der Waals surface area contributed by atoms with Crippen LogP contribution in [0.3, 0.4) is 0 Å². The van der Waals surface area contributed by atoms with Crippen LogP contribution in [-0.2, 0) is 6.54 Å². The Morgan fingerprint density at radius 1 is 1.32 bits per heavy atom. The Morgan fingerprint density at radius 3 is 2.72 bits per heavy atom. The van der Waals surface area contributed by atoms with Crippen molar-refractivity contribution in [2.24, 2.45) is 0 Å². The normalized spacial score (nSPS) is 15.9. The first-order chi connectivity index (χ1) is 12.2. The number of amides is 1. The van der Waals surface area contributed by atoms with Gasteiger partial charge in [0.1, 0.15) is 0 Å². The van der Waals surface area contributed by atoms with E-state index in [1.165, 1.54) is 23.5 Å². The fraction of sp³-hybridized carbons (Fsp3) is 0.389. The summed E-state index contributed by atoms with van der Waals surface area (Å²) in [4.78, 5) is 23.2. The molecule has 1 fully saturated rings. The maximum absolute atomic E-state index is 12.5. The molecule has 0 radical (unpaired) electrons. The van der Waals surface area contributed by atoms with Crippen molar-refractivity contribution < 1.29 is 4.79 Å². The quantitative estimate of drug-likeness (QED) is 0.641. The van der Waals surface area contributed by atoms with Gasteiger partial charge in [-0.3, -0.25) is 9.69 Å². The first-order valence-electron chi connectivity index (χ1n) is 8.29. The van der Waals surface area contributed by atoms with Crippen LogP contribution in [-0.4, -0.2) is 46.2 Å². The summed E-state index contributed by atoms with van der Waals surface area (Å²) in [6, 6.07) is 10.6. The van der Waals surface area contributed by atoms with Gasteiger partial charge in [-0.25, -0.2) is 9.97 Å². The van der Waals surface area contributed by atoms with Crippen LogP contribution in [0.2, 0.25) is 5.02 Å². The monoisotopic (exact) mass is 376 g/mol. The highest BCUT2D eigenvalue weighted by molar-refractivity contribution is 7.98. The number of carbonyl (C=O) groups is 1. The molecule has 1 N–H and O–H groups in total. The molecule has 2 aromatic rings. The number of benzene rings is 1. The number of nitrogens with zero attached hydrogens (tertiary/aromatic N) is 3. The van der Waals surface area contributed by atoms with Gasteiger partial charge in [-0.2, -0.15) is 0 Å². The van der Waals surface area contributed by atoms with Gasteiger partial charge in [-0.15, -0.1) is 0 Å². The van der Waals surface area contributed by atoms with Gasteiger partial charge in [0.15, 0.2) is 10.9 Å². The average molecular weight is 377 g/mol. The molecule has 0 bridgehead atoms. The second-order valence-electron chi connectivity index (χ2n) is 6.06. The number of hydrogen-bond donors (Lipinski definition) is 1. The lowest BCUT2D eigenvalue weighted by molar-refractivity contribution is 0.0903. The van der Waals surface area contributed by atoms with Gasteiger partial charge in [0.2, 0.25) is 0 Å². The molecule has 3 rings (SSSR count). The fourth-order valence-electron chi connectivity index (χ4n) is 2.94. The second-order valence-corrected chi connectivity index (χ2v) is 7.24. The summed E-state index contributed by atoms with van der Waals surface area (Å²) in [7, 11) is 0. The molecule has 0 saturated carbocycles. The Morgan fingerprint density at radius 2 is 2.04 bits per heavy atom. The van der Waals surface area contributed by atoms with Crippen LogP contribution in [0.5, 0.6) is 0 Å². The molecule has 0 atom stereocenters. The summed E-state index contributed by atoms with van der Waals surface area (Å²) in [5, 5.41) is 3.90. The molecule has 25 heavy (non-hydrogen) atoms. The lowest BCUT2D eigenvalue weighted by Crippen LogP contribution is -2.44. The maximum Gasteiger partial charge on any atom is 0.271 e. The predicted octanol–water partition coefficient (Wildman–Crippen LogP) is 3.25. The lowest BCUT2D eigenvalue weighted by atomic mass is 10.0. The Balaban J connectivity index is 1.53. The summed E-state index contributed by atoms with van der Waals surface area (Å²) >= 11 is 7.46. The number of hydrogen-bond acceptors (Lipinski definition) is 5. The van der Waals surface area contributed by atoms with Crippen LogP contribution in [0.1, 0.15) is 28.9 Å². The number of halogens is 1. The zero-order chi connectivity index (χ0) is 17.6. The Bertz CT molecular complexity index is 720. The van der Waals surface area contributed by atoms with E-state index in [1.54, 1.807) is 0 Å². The van der Waals surface area contributed by atoms with Crippen LogP contribution in [0, 0.1) is 0 Å². The van der Waals surface area contributed by atoms with Crippen molar-refractivity contribution in [3.8, 4) is 0 Å². The number of likely N-dealkylation sites (tertiary alicyclic amines) is 1. The number of aromatic nitrogens is 2. The van der Waals surface area contributed by atoms with Crippen LogP contribution in [0.4, 0.5) is 0 Å². The molecular formula is C18H21ClN4OS. The van der Waals surface area contributed by atoms with Gasteiger partial charge in [-0.1, -0.05) is 53.7 Å². The van der Waals surface area contributed by atoms with E-state index in [9.17, 15) is 4.79 Å². The van der Waals surface area contributed by atoms with Crippen molar-refractivity contribution >= 4 is 29.3 Å². The van der Waals surface area contributed by atoms with E-state index in [4.69, 9.17) is 11.6 Å². The summed E-state index contributed by atoms with van der Waals surface area (Å²) in [5.41, 5.74) is 1.58. The van der Waals surface area contributed by atoms with Gasteiger partial charge in [-0.05, 0) is 24.7 Å². The summed E-state index contributed by atoms with van der Waals surface area (Å²) in [6.45, 7) is 2.89. The molecule has 0 spiro atoms. The summed E-state index contributed by atoms with van der Waals surface area (Å²) < 4.78 is 0. The van der Waals surface area contributed by atoms with Crippen molar-refractivity contribution in [3.05, 3.63) is 52.8 Å². The number of rotatable bonds is 5. The molecule has 1 aliphatic heterocycles. The Kier molecular flexibility index (Phi) is 6.29. The molecule has 7 heteroatoms. The molecule has 132 valence electrons. The molecule has 2 heterocycles. The van der Waals surface area contributed by atoms with Crippen molar-refractivity contribution in [1.82, 2.24) is 20.2 Å². The zero-order valence-corrected chi connectivity index (χ0v) is 15.7. The third-order valence-electron chi connectivity index (χ3n) is 4.29. The van der Waals surface area contributed by atoms with E-state index in [0.717, 1.165) is 32.5 Å². The molecule has 1 amide bonds. The van der Waals surface area contributed by atoms with E-state index < -0.39 is 0 Å². The minimum atomic E-state index is -0.218. The largest absolute Gasteiger partial charge is 0.348 e. The minimum Gasteiger partial charge on any atom is -0.348 e. The third kappa shape index (κ3) is 4.93. The highest BCUT2D eigenvalue weighted by Crippen LogP contribution is 2.18.